The minimum absolute atomic E-state index is 0.185. The summed E-state index contributed by atoms with van der Waals surface area (Å²) in [7, 11) is 2.15. The summed E-state index contributed by atoms with van der Waals surface area (Å²) in [5.74, 6) is 2.08. The van der Waals surface area contributed by atoms with Crippen molar-refractivity contribution in [2.45, 2.75) is 18.9 Å². The molecule has 2 aromatic carbocycles. The predicted molar refractivity (Wildman–Crippen MR) is 137 cm³/mol. The molecule has 6 rings (SSSR count). The number of hydrogen-bond donors (Lipinski definition) is 2. The second kappa shape index (κ2) is 9.40. The molecule has 4 heterocycles. The molecule has 0 unspecified atom stereocenters. The summed E-state index contributed by atoms with van der Waals surface area (Å²) in [6.45, 7) is 2.08. The highest BCUT2D eigenvalue weighted by Crippen LogP contribution is 2.36. The Hall–Kier alpha value is -3.89. The SMILES string of the molecule is CN1CCC(Oc2cc3nc(Nc4ccc(-c5ncn[nH]5)cc4)ncc3cc2-c2nccs2)CC1. The van der Waals surface area contributed by atoms with Gasteiger partial charge in [0.2, 0.25) is 5.95 Å². The second-order valence-corrected chi connectivity index (χ2v) is 9.49. The average molecular weight is 485 g/mol. The van der Waals surface area contributed by atoms with Gasteiger partial charge >= 0.3 is 0 Å². The largest absolute Gasteiger partial charge is 0.490 e. The highest BCUT2D eigenvalue weighted by atomic mass is 32.1. The zero-order chi connectivity index (χ0) is 23.6. The van der Waals surface area contributed by atoms with E-state index in [9.17, 15) is 0 Å². The Labute approximate surface area is 206 Å². The molecule has 0 amide bonds. The number of ether oxygens (including phenoxy) is 1. The Bertz CT molecular complexity index is 1410. The fraction of sp³-hybridized carbons (Fsp3) is 0.240. The molecule has 0 radical (unpaired) electrons. The molecule has 1 saturated heterocycles. The van der Waals surface area contributed by atoms with E-state index in [0.29, 0.717) is 5.95 Å². The molecule has 0 saturated carbocycles. The number of benzene rings is 2. The molecule has 1 aliphatic heterocycles. The van der Waals surface area contributed by atoms with Crippen LogP contribution in [0.25, 0.3) is 32.9 Å². The van der Waals surface area contributed by atoms with Crippen molar-refractivity contribution in [2.24, 2.45) is 0 Å². The highest BCUT2D eigenvalue weighted by Gasteiger charge is 2.21. The van der Waals surface area contributed by atoms with E-state index < -0.39 is 0 Å². The van der Waals surface area contributed by atoms with E-state index >= 15 is 0 Å². The Balaban J connectivity index is 1.29. The number of likely N-dealkylation sites (tertiary alicyclic amines) is 1. The monoisotopic (exact) mass is 484 g/mol. The Kier molecular flexibility index (Phi) is 5.81. The lowest BCUT2D eigenvalue weighted by molar-refractivity contribution is 0.115. The van der Waals surface area contributed by atoms with Crippen LogP contribution < -0.4 is 10.1 Å². The number of piperidine rings is 1. The van der Waals surface area contributed by atoms with Gasteiger partial charge in [-0.1, -0.05) is 0 Å². The number of nitrogens with zero attached hydrogens (tertiary/aromatic N) is 6. The lowest BCUT2D eigenvalue weighted by atomic mass is 10.1. The van der Waals surface area contributed by atoms with Crippen LogP contribution in [0.4, 0.5) is 11.6 Å². The molecule has 3 aromatic heterocycles. The standard InChI is InChI=1S/C25H24N8OS/c1-33-9-6-19(7-10-33)34-22-13-21-17(12-20(22)24-26-8-11-35-24)14-27-25(31-21)30-18-4-2-16(3-5-18)23-28-15-29-32-23/h2-5,8,11-15,19H,6-7,9-10H2,1H3,(H,27,30,31)(H,28,29,32). The number of rotatable bonds is 6. The molecule has 35 heavy (non-hydrogen) atoms. The molecule has 1 fully saturated rings. The van der Waals surface area contributed by atoms with Gasteiger partial charge in [-0.2, -0.15) is 5.10 Å². The molecule has 10 heteroatoms. The van der Waals surface area contributed by atoms with Crippen molar-refractivity contribution in [1.82, 2.24) is 35.0 Å². The smallest absolute Gasteiger partial charge is 0.227 e. The predicted octanol–water partition coefficient (Wildman–Crippen LogP) is 4.76. The van der Waals surface area contributed by atoms with Crippen molar-refractivity contribution < 1.29 is 4.74 Å². The van der Waals surface area contributed by atoms with Gasteiger partial charge in [0.25, 0.3) is 0 Å². The van der Waals surface area contributed by atoms with Crippen LogP contribution in [0, 0.1) is 0 Å². The second-order valence-electron chi connectivity index (χ2n) is 8.59. The van der Waals surface area contributed by atoms with Crippen LogP contribution in [-0.2, 0) is 0 Å². The van der Waals surface area contributed by atoms with E-state index in [4.69, 9.17) is 9.72 Å². The van der Waals surface area contributed by atoms with Gasteiger partial charge in [-0.3, -0.25) is 5.10 Å². The van der Waals surface area contributed by atoms with Crippen LogP contribution in [0.1, 0.15) is 12.8 Å². The minimum Gasteiger partial charge on any atom is -0.490 e. The van der Waals surface area contributed by atoms with E-state index in [2.05, 4.69) is 48.5 Å². The summed E-state index contributed by atoms with van der Waals surface area (Å²) in [6, 6.07) is 12.0. The zero-order valence-corrected chi connectivity index (χ0v) is 20.0. The normalized spacial score (nSPS) is 14.9. The molecule has 176 valence electrons. The topological polar surface area (TPSA) is 105 Å². The summed E-state index contributed by atoms with van der Waals surface area (Å²) < 4.78 is 6.52. The number of thiazole rings is 1. The molecule has 0 bridgehead atoms. The van der Waals surface area contributed by atoms with Gasteiger partial charge in [0.1, 0.15) is 23.2 Å². The molecule has 5 aromatic rings. The third kappa shape index (κ3) is 4.71. The van der Waals surface area contributed by atoms with Gasteiger partial charge in [0.15, 0.2) is 5.82 Å². The van der Waals surface area contributed by atoms with Gasteiger partial charge in [0.05, 0.1) is 11.1 Å². The van der Waals surface area contributed by atoms with Gasteiger partial charge in [-0.15, -0.1) is 11.3 Å². The molecule has 0 aliphatic carbocycles. The quantitative estimate of drug-likeness (QED) is 0.356. The lowest BCUT2D eigenvalue weighted by Crippen LogP contribution is -2.35. The molecule has 0 spiro atoms. The fourth-order valence-electron chi connectivity index (χ4n) is 4.21. The van der Waals surface area contributed by atoms with E-state index in [1.807, 2.05) is 48.1 Å². The first-order valence-corrected chi connectivity index (χ1v) is 12.4. The van der Waals surface area contributed by atoms with Crippen molar-refractivity contribution in [3.63, 3.8) is 0 Å². The maximum Gasteiger partial charge on any atom is 0.227 e. The first-order valence-electron chi connectivity index (χ1n) is 11.5. The number of fused-ring (bicyclic) bond motifs is 1. The number of aromatic amines is 1. The van der Waals surface area contributed by atoms with Crippen LogP contribution in [0.2, 0.25) is 0 Å². The zero-order valence-electron chi connectivity index (χ0n) is 19.2. The number of hydrogen-bond acceptors (Lipinski definition) is 9. The number of H-pyrrole nitrogens is 1. The Morgan fingerprint density at radius 1 is 1.09 bits per heavy atom. The summed E-state index contributed by atoms with van der Waals surface area (Å²) in [6.07, 6.45) is 7.35. The maximum atomic E-state index is 6.52. The van der Waals surface area contributed by atoms with Crippen LogP contribution in [0.3, 0.4) is 0 Å². The van der Waals surface area contributed by atoms with Crippen molar-refractivity contribution in [3.05, 3.63) is 60.5 Å². The Morgan fingerprint density at radius 3 is 2.69 bits per heavy atom. The summed E-state index contributed by atoms with van der Waals surface area (Å²) in [5, 5.41) is 13.9. The summed E-state index contributed by atoms with van der Waals surface area (Å²) in [5.41, 5.74) is 3.65. The van der Waals surface area contributed by atoms with E-state index in [0.717, 1.165) is 70.2 Å². The van der Waals surface area contributed by atoms with Gasteiger partial charge in [-0.25, -0.2) is 19.9 Å². The third-order valence-electron chi connectivity index (χ3n) is 6.13. The molecular formula is C25H24N8OS. The summed E-state index contributed by atoms with van der Waals surface area (Å²) >= 11 is 1.60. The van der Waals surface area contributed by atoms with Gasteiger partial charge in [-0.05, 0) is 50.2 Å². The first kappa shape index (κ1) is 21.6. The molecule has 0 atom stereocenters. The van der Waals surface area contributed by atoms with Crippen LogP contribution >= 0.6 is 11.3 Å². The van der Waals surface area contributed by atoms with Crippen LogP contribution in [0.15, 0.2) is 60.5 Å². The maximum absolute atomic E-state index is 6.52. The molecule has 9 nitrogen and oxygen atoms in total. The van der Waals surface area contributed by atoms with Crippen LogP contribution in [0.5, 0.6) is 5.75 Å². The van der Waals surface area contributed by atoms with Crippen LogP contribution in [-0.4, -0.2) is 61.3 Å². The molecule has 2 N–H and O–H groups in total. The van der Waals surface area contributed by atoms with Crippen molar-refractivity contribution in [3.8, 4) is 27.7 Å². The van der Waals surface area contributed by atoms with Crippen molar-refractivity contribution >= 4 is 33.9 Å². The minimum atomic E-state index is 0.185. The number of anilines is 2. The lowest BCUT2D eigenvalue weighted by Gasteiger charge is -2.29. The number of aromatic nitrogens is 6. The van der Waals surface area contributed by atoms with E-state index in [1.165, 1.54) is 6.33 Å². The van der Waals surface area contributed by atoms with Gasteiger partial charge in [0, 0.05) is 53.6 Å². The molecular weight excluding hydrogens is 460 g/mol. The van der Waals surface area contributed by atoms with Gasteiger partial charge < -0.3 is 15.0 Å². The highest BCUT2D eigenvalue weighted by molar-refractivity contribution is 7.13. The first-order chi connectivity index (χ1) is 17.2. The van der Waals surface area contributed by atoms with E-state index in [1.54, 1.807) is 11.3 Å². The fourth-order valence-corrected chi connectivity index (χ4v) is 4.87. The third-order valence-corrected chi connectivity index (χ3v) is 6.94. The van der Waals surface area contributed by atoms with Crippen molar-refractivity contribution in [2.75, 3.05) is 25.5 Å². The van der Waals surface area contributed by atoms with Crippen molar-refractivity contribution in [1.29, 1.82) is 0 Å². The molecule has 1 aliphatic rings. The Morgan fingerprint density at radius 2 is 1.94 bits per heavy atom. The van der Waals surface area contributed by atoms with E-state index in [-0.39, 0.29) is 6.10 Å². The summed E-state index contributed by atoms with van der Waals surface area (Å²) in [4.78, 5) is 20.4. The average Bonchev–Trinajstić information content (AvgIpc) is 3.61. The number of nitrogens with one attached hydrogen (secondary N) is 2.